The molecule has 0 N–H and O–H groups in total. The minimum atomic E-state index is -1.67. The van der Waals surface area contributed by atoms with E-state index in [2.05, 4.69) is 34.3 Å². The lowest BCUT2D eigenvalue weighted by molar-refractivity contribution is 0.163. The Hall–Kier alpha value is -0.163. The van der Waals surface area contributed by atoms with E-state index >= 15 is 0 Å². The second-order valence-electron chi connectivity index (χ2n) is 4.69. The molecule has 92 valence electrons. The zero-order chi connectivity index (χ0) is 12.5. The summed E-state index contributed by atoms with van der Waals surface area (Å²) in [6.45, 7) is 12.6. The van der Waals surface area contributed by atoms with Crippen molar-refractivity contribution < 1.29 is 13.3 Å². The number of hydrogen-bond acceptors (Lipinski definition) is 3. The van der Waals surface area contributed by atoms with E-state index in [9.17, 15) is 0 Å². The maximum atomic E-state index is 4.74. The van der Waals surface area contributed by atoms with Gasteiger partial charge in [0.25, 0.3) is 0 Å². The fraction of sp³-hybridized carbons (Fsp3) is 0.818. The molecule has 0 radical (unpaired) electrons. The van der Waals surface area contributed by atoms with Crippen molar-refractivity contribution in [2.45, 2.75) is 34.1 Å². The zero-order valence-electron chi connectivity index (χ0n) is 11.2. The Morgan fingerprint density at radius 1 is 1.07 bits per heavy atom. The number of hydrogen-bond donors (Lipinski definition) is 0. The normalized spacial score (nSPS) is 10.9. The molecule has 0 spiro atoms. The third-order valence-electron chi connectivity index (χ3n) is 1.41. The summed E-state index contributed by atoms with van der Waals surface area (Å²) in [5.74, 6) is 0. The lowest BCUT2D eigenvalue weighted by Gasteiger charge is -2.17. The molecule has 0 amide bonds. The van der Waals surface area contributed by atoms with Gasteiger partial charge in [-0.05, 0) is 18.8 Å². The predicted molar refractivity (Wildman–Crippen MR) is 67.1 cm³/mol. The number of rotatable bonds is 4. The molecular formula is C11H26O3Si. The Kier molecular flexibility index (Phi) is 10.4. The van der Waals surface area contributed by atoms with Gasteiger partial charge >= 0.3 is 9.53 Å². The molecule has 15 heavy (non-hydrogen) atoms. The highest BCUT2D eigenvalue weighted by Gasteiger charge is 2.08. The minimum Gasteiger partial charge on any atom is -0.379 e. The first kappa shape index (κ1) is 17.2. The second-order valence-corrected chi connectivity index (χ2v) is 6.68. The van der Waals surface area contributed by atoms with Crippen LogP contribution in [0.25, 0.3) is 0 Å². The van der Waals surface area contributed by atoms with Gasteiger partial charge in [-0.1, -0.05) is 26.3 Å². The second kappa shape index (κ2) is 9.09. The molecule has 3 nitrogen and oxygen atoms in total. The molecular weight excluding hydrogens is 208 g/mol. The SMILES string of the molecule is C=C(C)CC(C)(C)C.CO[SiH](OC)OC. The largest absolute Gasteiger partial charge is 0.483 e. The van der Waals surface area contributed by atoms with Crippen molar-refractivity contribution in [1.82, 2.24) is 0 Å². The molecule has 0 aromatic carbocycles. The van der Waals surface area contributed by atoms with Crippen molar-refractivity contribution in [3.8, 4) is 0 Å². The molecule has 0 aliphatic heterocycles. The van der Waals surface area contributed by atoms with Crippen LogP contribution in [0, 0.1) is 5.41 Å². The molecule has 0 atom stereocenters. The van der Waals surface area contributed by atoms with Crippen molar-refractivity contribution in [2.24, 2.45) is 5.41 Å². The molecule has 0 saturated carbocycles. The molecule has 0 bridgehead atoms. The van der Waals surface area contributed by atoms with E-state index in [1.807, 2.05) is 0 Å². The van der Waals surface area contributed by atoms with Crippen molar-refractivity contribution in [3.05, 3.63) is 12.2 Å². The summed E-state index contributed by atoms with van der Waals surface area (Å²) in [7, 11) is 3.05. The van der Waals surface area contributed by atoms with E-state index in [-0.39, 0.29) is 0 Å². The van der Waals surface area contributed by atoms with Crippen molar-refractivity contribution in [3.63, 3.8) is 0 Å². The topological polar surface area (TPSA) is 27.7 Å². The molecule has 0 saturated heterocycles. The quantitative estimate of drug-likeness (QED) is 0.553. The van der Waals surface area contributed by atoms with Crippen LogP contribution in [0.3, 0.4) is 0 Å². The van der Waals surface area contributed by atoms with Gasteiger partial charge in [0, 0.05) is 21.3 Å². The van der Waals surface area contributed by atoms with E-state index in [0.717, 1.165) is 6.42 Å². The first-order chi connectivity index (χ1) is 6.76. The highest BCUT2D eigenvalue weighted by molar-refractivity contribution is 6.36. The summed E-state index contributed by atoms with van der Waals surface area (Å²) >= 11 is 0. The third kappa shape index (κ3) is 16.5. The maximum Gasteiger partial charge on any atom is 0.483 e. The summed E-state index contributed by atoms with van der Waals surface area (Å²) in [5.41, 5.74) is 1.70. The Labute approximate surface area is 96.4 Å². The van der Waals surface area contributed by atoms with Crippen molar-refractivity contribution in [2.75, 3.05) is 21.3 Å². The summed E-state index contributed by atoms with van der Waals surface area (Å²) < 4.78 is 14.2. The third-order valence-corrected chi connectivity index (χ3v) is 2.56. The van der Waals surface area contributed by atoms with Gasteiger partial charge in [0.15, 0.2) is 0 Å². The maximum absolute atomic E-state index is 4.74. The molecule has 0 unspecified atom stereocenters. The van der Waals surface area contributed by atoms with Crippen LogP contribution in [0.4, 0.5) is 0 Å². The summed E-state index contributed by atoms with van der Waals surface area (Å²) in [6, 6.07) is 0. The standard InChI is InChI=1S/C8H16.C3H10O3Si/c1-7(2)6-8(3,4)5;1-4-7(5-2)6-3/h1,6H2,2-5H3;7H,1-3H3. The highest BCUT2D eigenvalue weighted by atomic mass is 28.3. The first-order valence-corrected chi connectivity index (χ1v) is 6.41. The fourth-order valence-electron chi connectivity index (χ4n) is 1.19. The summed E-state index contributed by atoms with van der Waals surface area (Å²) in [4.78, 5) is 0. The monoisotopic (exact) mass is 234 g/mol. The van der Waals surface area contributed by atoms with Gasteiger partial charge in [-0.15, -0.1) is 6.58 Å². The van der Waals surface area contributed by atoms with Crippen LogP contribution in [0.15, 0.2) is 12.2 Å². The van der Waals surface area contributed by atoms with Gasteiger partial charge in [0.05, 0.1) is 0 Å². The number of allylic oxidation sites excluding steroid dienone is 1. The van der Waals surface area contributed by atoms with E-state index in [1.165, 1.54) is 5.57 Å². The van der Waals surface area contributed by atoms with Gasteiger partial charge in [-0.25, -0.2) is 0 Å². The van der Waals surface area contributed by atoms with Gasteiger partial charge in [-0.2, -0.15) is 0 Å². The van der Waals surface area contributed by atoms with E-state index in [4.69, 9.17) is 13.3 Å². The average molecular weight is 234 g/mol. The highest BCUT2D eigenvalue weighted by Crippen LogP contribution is 2.22. The molecule has 0 aromatic heterocycles. The van der Waals surface area contributed by atoms with Gasteiger partial charge in [0.2, 0.25) is 0 Å². The zero-order valence-corrected chi connectivity index (χ0v) is 12.4. The first-order valence-electron chi connectivity index (χ1n) is 4.99. The molecule has 0 aromatic rings. The molecule has 4 heteroatoms. The van der Waals surface area contributed by atoms with Crippen molar-refractivity contribution >= 4 is 9.53 Å². The average Bonchev–Trinajstić information content (AvgIpc) is 2.03. The predicted octanol–water partition coefficient (Wildman–Crippen LogP) is 2.64. The molecule has 0 aliphatic rings. The van der Waals surface area contributed by atoms with E-state index in [1.54, 1.807) is 21.3 Å². The van der Waals surface area contributed by atoms with Crippen LogP contribution in [0.1, 0.15) is 34.1 Å². The Balaban J connectivity index is 0. The molecule has 0 heterocycles. The Morgan fingerprint density at radius 3 is 1.40 bits per heavy atom. The van der Waals surface area contributed by atoms with Crippen molar-refractivity contribution in [1.29, 1.82) is 0 Å². The van der Waals surface area contributed by atoms with Crippen LogP contribution in [0.2, 0.25) is 0 Å². The molecule has 0 aliphatic carbocycles. The van der Waals surface area contributed by atoms with E-state index < -0.39 is 9.53 Å². The van der Waals surface area contributed by atoms with Gasteiger partial charge < -0.3 is 13.3 Å². The van der Waals surface area contributed by atoms with Crippen LogP contribution in [0.5, 0.6) is 0 Å². The summed E-state index contributed by atoms with van der Waals surface area (Å²) in [5, 5.41) is 0. The Bertz CT molecular complexity index is 154. The van der Waals surface area contributed by atoms with Crippen LogP contribution >= 0.6 is 0 Å². The van der Waals surface area contributed by atoms with Gasteiger partial charge in [-0.3, -0.25) is 0 Å². The molecule has 0 rings (SSSR count). The van der Waals surface area contributed by atoms with Crippen LogP contribution in [-0.2, 0) is 13.3 Å². The lowest BCUT2D eigenvalue weighted by atomic mass is 9.89. The summed E-state index contributed by atoms with van der Waals surface area (Å²) in [6.07, 6.45) is 1.13. The van der Waals surface area contributed by atoms with Crippen LogP contribution in [-0.4, -0.2) is 30.9 Å². The van der Waals surface area contributed by atoms with E-state index in [0.29, 0.717) is 5.41 Å². The fourth-order valence-corrected chi connectivity index (χ4v) is 1.77. The molecule has 0 fully saturated rings. The Morgan fingerprint density at radius 2 is 1.40 bits per heavy atom. The van der Waals surface area contributed by atoms with Gasteiger partial charge in [0.1, 0.15) is 0 Å². The minimum absolute atomic E-state index is 0.422. The smallest absolute Gasteiger partial charge is 0.379 e. The van der Waals surface area contributed by atoms with Crippen LogP contribution < -0.4 is 0 Å². The lowest BCUT2D eigenvalue weighted by Crippen LogP contribution is -2.21.